The molecule has 0 aliphatic heterocycles. The quantitative estimate of drug-likeness (QED) is 0.733. The first-order valence-electron chi connectivity index (χ1n) is 5.36. The van der Waals surface area contributed by atoms with Gasteiger partial charge in [0.15, 0.2) is 0 Å². The zero-order valence-electron chi connectivity index (χ0n) is 9.97. The number of anilines is 2. The van der Waals surface area contributed by atoms with Crippen LogP contribution in [0.3, 0.4) is 0 Å². The predicted molar refractivity (Wildman–Crippen MR) is 77.4 cm³/mol. The highest BCUT2D eigenvalue weighted by atomic mass is 79.9. The van der Waals surface area contributed by atoms with Gasteiger partial charge in [-0.1, -0.05) is 6.07 Å². The van der Waals surface area contributed by atoms with E-state index in [9.17, 15) is 17.9 Å². The number of aromatic hydroxyl groups is 1. The second-order valence-corrected chi connectivity index (χ2v) is 6.47. The maximum Gasteiger partial charge on any atom is 0.263 e. The van der Waals surface area contributed by atoms with Crippen LogP contribution in [0.1, 0.15) is 0 Å². The van der Waals surface area contributed by atoms with Crippen molar-refractivity contribution >= 4 is 37.3 Å². The summed E-state index contributed by atoms with van der Waals surface area (Å²) in [4.78, 5) is -0.195. The minimum atomic E-state index is -3.95. The second kappa shape index (κ2) is 5.29. The number of hydrogen-bond donors (Lipinski definition) is 3. The molecule has 0 aromatic heterocycles. The Labute approximate surface area is 123 Å². The third-order valence-corrected chi connectivity index (χ3v) is 4.78. The summed E-state index contributed by atoms with van der Waals surface area (Å²) in [6.07, 6.45) is 0. The molecule has 0 heterocycles. The molecule has 0 spiro atoms. The lowest BCUT2D eigenvalue weighted by molar-refractivity contribution is 0.475. The van der Waals surface area contributed by atoms with Gasteiger partial charge in [0.2, 0.25) is 0 Å². The highest BCUT2D eigenvalue weighted by Crippen LogP contribution is 2.28. The lowest BCUT2D eigenvalue weighted by Crippen LogP contribution is -2.14. The SMILES string of the molecule is Nc1cc(S(=O)(=O)Nc2cccc(O)c2)c(Br)cc1F. The molecule has 0 atom stereocenters. The molecule has 8 heteroatoms. The van der Waals surface area contributed by atoms with Gasteiger partial charge in [0.1, 0.15) is 16.5 Å². The van der Waals surface area contributed by atoms with Crippen molar-refractivity contribution in [2.45, 2.75) is 4.90 Å². The maximum atomic E-state index is 13.2. The van der Waals surface area contributed by atoms with Crippen LogP contribution in [0.4, 0.5) is 15.8 Å². The largest absolute Gasteiger partial charge is 0.508 e. The van der Waals surface area contributed by atoms with Crippen LogP contribution in [-0.2, 0) is 10.0 Å². The Hall–Kier alpha value is -1.80. The van der Waals surface area contributed by atoms with Crippen LogP contribution in [0.5, 0.6) is 5.75 Å². The minimum Gasteiger partial charge on any atom is -0.508 e. The van der Waals surface area contributed by atoms with Gasteiger partial charge in [0, 0.05) is 10.5 Å². The van der Waals surface area contributed by atoms with Crippen molar-refractivity contribution in [3.8, 4) is 5.75 Å². The molecule has 20 heavy (non-hydrogen) atoms. The van der Waals surface area contributed by atoms with Gasteiger partial charge in [0.05, 0.1) is 11.4 Å². The molecule has 5 nitrogen and oxygen atoms in total. The molecule has 0 fully saturated rings. The lowest BCUT2D eigenvalue weighted by atomic mass is 10.3. The average Bonchev–Trinajstić information content (AvgIpc) is 2.33. The number of halogens is 2. The molecule has 0 saturated heterocycles. The first-order valence-corrected chi connectivity index (χ1v) is 7.63. The Kier molecular flexibility index (Phi) is 3.87. The van der Waals surface area contributed by atoms with E-state index in [1.165, 1.54) is 24.3 Å². The van der Waals surface area contributed by atoms with Crippen molar-refractivity contribution in [1.82, 2.24) is 0 Å². The molecule has 2 rings (SSSR count). The smallest absolute Gasteiger partial charge is 0.263 e. The van der Waals surface area contributed by atoms with Gasteiger partial charge >= 0.3 is 0 Å². The van der Waals surface area contributed by atoms with Crippen molar-refractivity contribution in [2.24, 2.45) is 0 Å². The fourth-order valence-electron chi connectivity index (χ4n) is 1.53. The Balaban J connectivity index is 2.43. The van der Waals surface area contributed by atoms with Crippen molar-refractivity contribution in [2.75, 3.05) is 10.5 Å². The predicted octanol–water partition coefficient (Wildman–Crippen LogP) is 2.68. The van der Waals surface area contributed by atoms with Crippen LogP contribution in [0.15, 0.2) is 45.8 Å². The van der Waals surface area contributed by atoms with E-state index >= 15 is 0 Å². The summed E-state index contributed by atoms with van der Waals surface area (Å²) < 4.78 is 39.9. The van der Waals surface area contributed by atoms with Gasteiger partial charge in [-0.2, -0.15) is 0 Å². The van der Waals surface area contributed by atoms with E-state index < -0.39 is 15.8 Å². The summed E-state index contributed by atoms with van der Waals surface area (Å²) in [6, 6.07) is 7.61. The zero-order valence-corrected chi connectivity index (χ0v) is 12.4. The third kappa shape index (κ3) is 3.02. The van der Waals surface area contributed by atoms with Crippen molar-refractivity contribution in [1.29, 1.82) is 0 Å². The van der Waals surface area contributed by atoms with E-state index in [1.807, 2.05) is 0 Å². The van der Waals surface area contributed by atoms with Crippen LogP contribution in [0, 0.1) is 5.82 Å². The molecular weight excluding hydrogens is 351 g/mol. The van der Waals surface area contributed by atoms with Gasteiger partial charge in [-0.25, -0.2) is 12.8 Å². The standard InChI is InChI=1S/C12H10BrFN2O3S/c13-9-5-10(14)11(15)6-12(9)20(18,19)16-7-2-1-3-8(17)4-7/h1-6,16-17H,15H2. The van der Waals surface area contributed by atoms with Gasteiger partial charge < -0.3 is 10.8 Å². The molecule has 0 amide bonds. The highest BCUT2D eigenvalue weighted by molar-refractivity contribution is 9.10. The van der Waals surface area contributed by atoms with Crippen LogP contribution in [-0.4, -0.2) is 13.5 Å². The van der Waals surface area contributed by atoms with Crippen LogP contribution in [0.2, 0.25) is 0 Å². The monoisotopic (exact) mass is 360 g/mol. The summed E-state index contributed by atoms with van der Waals surface area (Å²) in [6.45, 7) is 0. The van der Waals surface area contributed by atoms with Gasteiger partial charge in [-0.3, -0.25) is 4.72 Å². The van der Waals surface area contributed by atoms with Crippen LogP contribution < -0.4 is 10.5 Å². The topological polar surface area (TPSA) is 92.4 Å². The molecule has 2 aromatic rings. The number of benzene rings is 2. The highest BCUT2D eigenvalue weighted by Gasteiger charge is 2.20. The number of phenols is 1. The minimum absolute atomic E-state index is 0.0526. The number of rotatable bonds is 3. The lowest BCUT2D eigenvalue weighted by Gasteiger charge is -2.11. The van der Waals surface area contributed by atoms with Crippen molar-refractivity contribution < 1.29 is 17.9 Å². The van der Waals surface area contributed by atoms with Gasteiger partial charge in [0.25, 0.3) is 10.0 Å². The third-order valence-electron chi connectivity index (χ3n) is 2.44. The second-order valence-electron chi connectivity index (χ2n) is 3.96. The van der Waals surface area contributed by atoms with E-state index in [2.05, 4.69) is 20.7 Å². The molecule has 0 saturated carbocycles. The molecule has 0 aliphatic carbocycles. The Morgan fingerprint density at radius 3 is 2.60 bits per heavy atom. The fraction of sp³-hybridized carbons (Fsp3) is 0. The van der Waals surface area contributed by atoms with Crippen molar-refractivity contribution in [3.05, 3.63) is 46.7 Å². The number of nitrogens with two attached hydrogens (primary N) is 1. The van der Waals surface area contributed by atoms with Crippen molar-refractivity contribution in [3.63, 3.8) is 0 Å². The molecule has 0 bridgehead atoms. The number of sulfonamides is 1. The Bertz CT molecular complexity index is 765. The Morgan fingerprint density at radius 1 is 1.25 bits per heavy atom. The zero-order chi connectivity index (χ0) is 14.9. The molecule has 0 aliphatic rings. The number of nitrogen functional groups attached to an aromatic ring is 1. The molecule has 0 radical (unpaired) electrons. The molecule has 106 valence electrons. The summed E-state index contributed by atoms with van der Waals surface area (Å²) in [5.41, 5.74) is 5.28. The first kappa shape index (κ1) is 14.6. The van der Waals surface area contributed by atoms with E-state index in [1.54, 1.807) is 0 Å². The number of hydrogen-bond acceptors (Lipinski definition) is 4. The summed E-state index contributed by atoms with van der Waals surface area (Å²) in [7, 11) is -3.95. The van der Waals surface area contributed by atoms with Crippen LogP contribution >= 0.6 is 15.9 Å². The van der Waals surface area contributed by atoms with E-state index in [-0.39, 0.29) is 26.5 Å². The normalized spacial score (nSPS) is 11.3. The number of phenolic OH excluding ortho intramolecular Hbond substituents is 1. The Morgan fingerprint density at radius 2 is 1.95 bits per heavy atom. The molecular formula is C12H10BrFN2O3S. The maximum absolute atomic E-state index is 13.2. The van der Waals surface area contributed by atoms with E-state index in [0.29, 0.717) is 0 Å². The summed E-state index contributed by atoms with van der Waals surface area (Å²) in [5, 5.41) is 9.30. The average molecular weight is 361 g/mol. The first-order chi connectivity index (χ1) is 9.29. The fourth-order valence-corrected chi connectivity index (χ4v) is 3.63. The van der Waals surface area contributed by atoms with E-state index in [4.69, 9.17) is 5.73 Å². The van der Waals surface area contributed by atoms with E-state index in [0.717, 1.165) is 12.1 Å². The van der Waals surface area contributed by atoms with Crippen LogP contribution in [0.25, 0.3) is 0 Å². The summed E-state index contributed by atoms with van der Waals surface area (Å²) in [5.74, 6) is -0.795. The van der Waals surface area contributed by atoms with Gasteiger partial charge in [-0.05, 0) is 40.2 Å². The molecule has 0 unspecified atom stereocenters. The molecule has 4 N–H and O–H groups in total. The number of nitrogens with one attached hydrogen (secondary N) is 1. The summed E-state index contributed by atoms with van der Waals surface area (Å²) >= 11 is 2.98. The molecule has 2 aromatic carbocycles. The van der Waals surface area contributed by atoms with Gasteiger partial charge in [-0.15, -0.1) is 0 Å².